The molecule has 0 N–H and O–H groups in total. The molecule has 0 unspecified atom stereocenters. The van der Waals surface area contributed by atoms with Gasteiger partial charge in [0.15, 0.2) is 0 Å². The van der Waals surface area contributed by atoms with Gasteiger partial charge in [0.25, 0.3) is 0 Å². The number of aromatic nitrogens is 1. The van der Waals surface area contributed by atoms with Crippen LogP contribution in [-0.2, 0) is 16.0 Å². The van der Waals surface area contributed by atoms with Gasteiger partial charge in [0, 0.05) is 61.4 Å². The number of anilines is 1. The van der Waals surface area contributed by atoms with E-state index in [0.29, 0.717) is 42.0 Å². The van der Waals surface area contributed by atoms with E-state index in [1.807, 2.05) is 24.0 Å². The van der Waals surface area contributed by atoms with E-state index < -0.39 is 11.6 Å². The summed E-state index contributed by atoms with van der Waals surface area (Å²) in [4.78, 5) is 41.2. The van der Waals surface area contributed by atoms with Gasteiger partial charge in [0.1, 0.15) is 17.2 Å². The third-order valence-electron chi connectivity index (χ3n) is 6.79. The van der Waals surface area contributed by atoms with Crippen LogP contribution < -0.4 is 15.3 Å². The van der Waals surface area contributed by atoms with Gasteiger partial charge in [-0.25, -0.2) is 4.79 Å². The molecule has 1 fully saturated rings. The van der Waals surface area contributed by atoms with E-state index in [1.54, 1.807) is 19.1 Å². The Morgan fingerprint density at radius 2 is 1.78 bits per heavy atom. The zero-order valence-corrected chi connectivity index (χ0v) is 21.3. The molecule has 4 aromatic rings. The van der Waals surface area contributed by atoms with Crippen molar-refractivity contribution in [1.29, 1.82) is 0 Å². The third-order valence-corrected chi connectivity index (χ3v) is 7.60. The highest BCUT2D eigenvalue weighted by molar-refractivity contribution is 7.13. The number of benzene rings is 2. The molecule has 9 heteroatoms. The van der Waals surface area contributed by atoms with E-state index in [9.17, 15) is 14.4 Å². The number of esters is 1. The number of carbonyl (C=O) groups excluding carboxylic acids is 2. The molecule has 0 aliphatic carbocycles. The van der Waals surface area contributed by atoms with Crippen LogP contribution >= 0.6 is 11.5 Å². The molecule has 1 aliphatic heterocycles. The van der Waals surface area contributed by atoms with Crippen LogP contribution in [-0.4, -0.2) is 47.3 Å². The summed E-state index contributed by atoms with van der Waals surface area (Å²) >= 11 is 1.50. The minimum absolute atomic E-state index is 0.0260. The predicted octanol–water partition coefficient (Wildman–Crippen LogP) is 4.23. The van der Waals surface area contributed by atoms with Crippen LogP contribution in [0.3, 0.4) is 0 Å². The van der Waals surface area contributed by atoms with E-state index in [2.05, 4.69) is 21.4 Å². The number of nitrogens with zero attached hydrogens (tertiary/aromatic N) is 3. The van der Waals surface area contributed by atoms with Gasteiger partial charge in [0.05, 0.1) is 4.70 Å². The first-order valence-corrected chi connectivity index (χ1v) is 12.7. The minimum Gasteiger partial charge on any atom is -0.426 e. The number of fused-ring (bicyclic) bond motifs is 2. The topological polar surface area (TPSA) is 93.0 Å². The van der Waals surface area contributed by atoms with Gasteiger partial charge in [-0.2, -0.15) is 4.37 Å². The van der Waals surface area contributed by atoms with Crippen molar-refractivity contribution >= 4 is 50.3 Å². The highest BCUT2D eigenvalue weighted by Gasteiger charge is 2.24. The lowest BCUT2D eigenvalue weighted by molar-refractivity contribution is -0.132. The number of amides is 1. The Morgan fingerprint density at radius 1 is 1.03 bits per heavy atom. The summed E-state index contributed by atoms with van der Waals surface area (Å²) in [6.45, 7) is 7.62. The van der Waals surface area contributed by atoms with Crippen LogP contribution in [0.15, 0.2) is 45.6 Å². The first-order valence-electron chi connectivity index (χ1n) is 11.9. The Morgan fingerprint density at radius 3 is 2.53 bits per heavy atom. The molecule has 2 aromatic heterocycles. The first kappa shape index (κ1) is 24.0. The van der Waals surface area contributed by atoms with Crippen LogP contribution in [0.1, 0.15) is 30.0 Å². The van der Waals surface area contributed by atoms with Crippen LogP contribution in [0.2, 0.25) is 0 Å². The summed E-state index contributed by atoms with van der Waals surface area (Å²) in [5.41, 5.74) is 1.82. The van der Waals surface area contributed by atoms with E-state index in [0.717, 1.165) is 39.9 Å². The van der Waals surface area contributed by atoms with Crippen molar-refractivity contribution in [2.45, 2.75) is 33.6 Å². The summed E-state index contributed by atoms with van der Waals surface area (Å²) in [7, 11) is 0. The molecule has 5 rings (SSSR count). The van der Waals surface area contributed by atoms with Gasteiger partial charge in [0.2, 0.25) is 5.91 Å². The van der Waals surface area contributed by atoms with E-state index in [-0.39, 0.29) is 12.3 Å². The number of piperazine rings is 1. The van der Waals surface area contributed by atoms with E-state index >= 15 is 0 Å². The molecule has 1 amide bonds. The zero-order valence-electron chi connectivity index (χ0n) is 20.5. The van der Waals surface area contributed by atoms with Crippen molar-refractivity contribution in [3.8, 4) is 5.75 Å². The molecule has 36 heavy (non-hydrogen) atoms. The minimum atomic E-state index is -0.462. The predicted molar refractivity (Wildman–Crippen MR) is 140 cm³/mol. The molecule has 186 valence electrons. The Hall–Kier alpha value is -3.72. The molecule has 2 aromatic carbocycles. The average Bonchev–Trinajstić information content (AvgIpc) is 3.30. The highest BCUT2D eigenvalue weighted by Crippen LogP contribution is 2.31. The largest absolute Gasteiger partial charge is 0.426 e. The van der Waals surface area contributed by atoms with Gasteiger partial charge in [-0.3, -0.25) is 9.59 Å². The third kappa shape index (κ3) is 4.46. The van der Waals surface area contributed by atoms with Gasteiger partial charge in [-0.05, 0) is 61.6 Å². The average molecular weight is 506 g/mol. The molecule has 3 heterocycles. The van der Waals surface area contributed by atoms with Gasteiger partial charge >= 0.3 is 11.6 Å². The maximum atomic E-state index is 13.0. The quantitative estimate of drug-likeness (QED) is 0.228. The Balaban J connectivity index is 1.26. The SMILES string of the molecule is CC(=O)Oc1ccc2c(C)c(CCC(=O)N3CCN(c4nsc5ccccc45)CC3)c(=O)oc2c1C. The summed E-state index contributed by atoms with van der Waals surface area (Å²) in [5, 5.41) is 1.92. The van der Waals surface area contributed by atoms with Crippen LogP contribution in [0, 0.1) is 13.8 Å². The number of hydrogen-bond donors (Lipinski definition) is 0. The molecule has 0 atom stereocenters. The molecule has 0 bridgehead atoms. The van der Waals surface area contributed by atoms with Crippen molar-refractivity contribution < 1.29 is 18.7 Å². The smallest absolute Gasteiger partial charge is 0.339 e. The maximum Gasteiger partial charge on any atom is 0.339 e. The van der Waals surface area contributed by atoms with E-state index in [1.165, 1.54) is 18.5 Å². The number of carbonyl (C=O) groups is 2. The normalized spacial score (nSPS) is 14.0. The van der Waals surface area contributed by atoms with Crippen LogP contribution in [0.4, 0.5) is 5.82 Å². The molecule has 0 spiro atoms. The standard InChI is InChI=1S/C27H27N3O5S/c1-16-19-8-10-22(34-18(3)31)17(2)25(19)35-27(33)20(16)9-11-24(32)29-12-14-30(15-13-29)26-21-6-4-5-7-23(21)36-28-26/h4-8,10H,9,11-15H2,1-3H3. The first-order chi connectivity index (χ1) is 17.3. The molecule has 0 saturated carbocycles. The van der Waals surface area contributed by atoms with Gasteiger partial charge in [-0.1, -0.05) is 12.1 Å². The lowest BCUT2D eigenvalue weighted by Crippen LogP contribution is -2.49. The van der Waals surface area contributed by atoms with Crippen LogP contribution in [0.25, 0.3) is 21.1 Å². The van der Waals surface area contributed by atoms with Crippen molar-refractivity contribution in [3.63, 3.8) is 0 Å². The van der Waals surface area contributed by atoms with E-state index in [4.69, 9.17) is 9.15 Å². The summed E-state index contributed by atoms with van der Waals surface area (Å²) in [6, 6.07) is 11.7. The number of rotatable bonds is 5. The number of hydrogen-bond acceptors (Lipinski definition) is 8. The molecule has 0 radical (unpaired) electrons. The van der Waals surface area contributed by atoms with Crippen molar-refractivity contribution in [2.75, 3.05) is 31.1 Å². The second-order valence-electron chi connectivity index (χ2n) is 9.02. The number of ether oxygens (including phenoxy) is 1. The lowest BCUT2D eigenvalue weighted by Gasteiger charge is -2.35. The molecule has 1 aliphatic rings. The van der Waals surface area contributed by atoms with Gasteiger partial charge < -0.3 is 19.0 Å². The Kier molecular flexibility index (Phi) is 6.49. The summed E-state index contributed by atoms with van der Waals surface area (Å²) in [6.07, 6.45) is 0.547. The fourth-order valence-electron chi connectivity index (χ4n) is 4.78. The fraction of sp³-hybridized carbons (Fsp3) is 0.333. The summed E-state index contributed by atoms with van der Waals surface area (Å²) in [5.74, 6) is 0.940. The second-order valence-corrected chi connectivity index (χ2v) is 9.83. The molecular weight excluding hydrogens is 478 g/mol. The molecule has 8 nitrogen and oxygen atoms in total. The highest BCUT2D eigenvalue weighted by atomic mass is 32.1. The lowest BCUT2D eigenvalue weighted by atomic mass is 10.00. The second kappa shape index (κ2) is 9.73. The zero-order chi connectivity index (χ0) is 25.4. The van der Waals surface area contributed by atoms with Crippen molar-refractivity contribution in [3.05, 3.63) is 63.5 Å². The summed E-state index contributed by atoms with van der Waals surface area (Å²) < 4.78 is 16.6. The van der Waals surface area contributed by atoms with Crippen molar-refractivity contribution in [1.82, 2.24) is 9.27 Å². The molecular formula is C27H27N3O5S. The maximum absolute atomic E-state index is 13.0. The Labute approximate surface area is 212 Å². The molecule has 1 saturated heterocycles. The van der Waals surface area contributed by atoms with Crippen molar-refractivity contribution in [2.24, 2.45) is 0 Å². The monoisotopic (exact) mass is 505 g/mol. The Bertz CT molecular complexity index is 1530. The number of aryl methyl sites for hydroxylation is 2. The fourth-order valence-corrected chi connectivity index (χ4v) is 5.58. The van der Waals surface area contributed by atoms with Gasteiger partial charge in [-0.15, -0.1) is 0 Å². The van der Waals surface area contributed by atoms with Crippen LogP contribution in [0.5, 0.6) is 5.75 Å².